The van der Waals surface area contributed by atoms with Gasteiger partial charge >= 0.3 is 5.97 Å². The van der Waals surface area contributed by atoms with E-state index in [4.69, 9.17) is 16.6 Å². The predicted octanol–water partition coefficient (Wildman–Crippen LogP) is 5.22. The van der Waals surface area contributed by atoms with Gasteiger partial charge in [0.25, 0.3) is 0 Å². The molecule has 1 fully saturated rings. The third-order valence-corrected chi connectivity index (χ3v) is 5.79. The van der Waals surface area contributed by atoms with Crippen LogP contribution in [0.4, 0.5) is 5.69 Å². The van der Waals surface area contributed by atoms with E-state index in [1.807, 2.05) is 59.5 Å². The molecule has 1 aliphatic rings. The number of carbonyl (C=O) groups is 1. The average molecular weight is 442 g/mol. The summed E-state index contributed by atoms with van der Waals surface area (Å²) >= 11 is 5.70. The number of thiocarbonyl (C=S) groups is 1. The molecule has 2 aromatic carbocycles. The van der Waals surface area contributed by atoms with E-state index >= 15 is 0 Å². The summed E-state index contributed by atoms with van der Waals surface area (Å²) in [5, 5.41) is 13.5. The largest absolute Gasteiger partial charge is 0.478 e. The number of rotatable bonds is 5. The van der Waals surface area contributed by atoms with Crippen molar-refractivity contribution in [2.45, 2.75) is 12.1 Å². The lowest BCUT2D eigenvalue weighted by Crippen LogP contribution is -2.29. The molecular formula is C25H19N3O3S. The van der Waals surface area contributed by atoms with E-state index in [2.05, 4.69) is 10.3 Å². The molecule has 0 aliphatic carbocycles. The molecule has 2 atom stereocenters. The summed E-state index contributed by atoms with van der Waals surface area (Å²) in [6.07, 6.45) is 1.75. The molecule has 1 aliphatic heterocycles. The zero-order valence-electron chi connectivity index (χ0n) is 16.9. The zero-order valence-corrected chi connectivity index (χ0v) is 17.7. The summed E-state index contributed by atoms with van der Waals surface area (Å²) in [5.41, 5.74) is 2.48. The summed E-state index contributed by atoms with van der Waals surface area (Å²) in [6.45, 7) is 0. The second-order valence-electron chi connectivity index (χ2n) is 7.38. The van der Waals surface area contributed by atoms with Crippen LogP contribution in [-0.2, 0) is 0 Å². The van der Waals surface area contributed by atoms with Crippen molar-refractivity contribution < 1.29 is 14.3 Å². The van der Waals surface area contributed by atoms with E-state index in [0.717, 1.165) is 11.4 Å². The summed E-state index contributed by atoms with van der Waals surface area (Å²) in [5.74, 6) is 0.148. The minimum absolute atomic E-state index is 0.189. The second-order valence-corrected chi connectivity index (χ2v) is 7.77. The number of para-hydroxylation sites is 1. The van der Waals surface area contributed by atoms with E-state index in [1.54, 1.807) is 36.5 Å². The topological polar surface area (TPSA) is 78.6 Å². The van der Waals surface area contributed by atoms with Crippen molar-refractivity contribution >= 4 is 29.0 Å². The molecule has 6 nitrogen and oxygen atoms in total. The van der Waals surface area contributed by atoms with Gasteiger partial charge in [-0.05, 0) is 54.7 Å². The molecule has 0 bridgehead atoms. The molecule has 0 unspecified atom stereocenters. The fourth-order valence-electron chi connectivity index (χ4n) is 4.05. The Morgan fingerprint density at radius 2 is 1.72 bits per heavy atom. The molecule has 2 aromatic heterocycles. The average Bonchev–Trinajstić information content (AvgIpc) is 3.44. The number of carboxylic acids is 1. The summed E-state index contributed by atoms with van der Waals surface area (Å²) < 4.78 is 6.26. The number of aromatic carboxylic acids is 1. The summed E-state index contributed by atoms with van der Waals surface area (Å²) in [7, 11) is 0. The number of nitrogens with zero attached hydrogens (tertiary/aromatic N) is 2. The predicted molar refractivity (Wildman–Crippen MR) is 125 cm³/mol. The van der Waals surface area contributed by atoms with Crippen LogP contribution in [0.2, 0.25) is 0 Å². The maximum Gasteiger partial charge on any atom is 0.336 e. The molecule has 158 valence electrons. The third-order valence-electron chi connectivity index (χ3n) is 5.47. The van der Waals surface area contributed by atoms with Crippen molar-refractivity contribution in [3.05, 3.63) is 108 Å². The van der Waals surface area contributed by atoms with Crippen molar-refractivity contribution in [2.24, 2.45) is 0 Å². The minimum atomic E-state index is -1.00. The molecule has 0 amide bonds. The molecule has 5 rings (SSSR count). The molecule has 32 heavy (non-hydrogen) atoms. The first-order valence-corrected chi connectivity index (χ1v) is 10.5. The molecule has 0 spiro atoms. The molecule has 0 radical (unpaired) electrons. The Morgan fingerprint density at radius 1 is 0.969 bits per heavy atom. The molecule has 1 saturated heterocycles. The van der Waals surface area contributed by atoms with Gasteiger partial charge in [0.15, 0.2) is 5.11 Å². The number of furan rings is 1. The van der Waals surface area contributed by atoms with Gasteiger partial charge in [-0.3, -0.25) is 4.98 Å². The lowest BCUT2D eigenvalue weighted by molar-refractivity contribution is 0.0697. The highest BCUT2D eigenvalue weighted by molar-refractivity contribution is 7.80. The Kier molecular flexibility index (Phi) is 5.17. The number of aromatic nitrogens is 1. The van der Waals surface area contributed by atoms with Crippen molar-refractivity contribution in [2.75, 3.05) is 4.90 Å². The summed E-state index contributed by atoms with van der Waals surface area (Å²) in [6, 6.07) is 25.6. The number of pyridine rings is 1. The molecule has 0 saturated carbocycles. The molecule has 4 aromatic rings. The molecule has 3 heterocycles. The van der Waals surface area contributed by atoms with E-state index in [0.29, 0.717) is 22.2 Å². The summed E-state index contributed by atoms with van der Waals surface area (Å²) in [4.78, 5) is 18.2. The van der Waals surface area contributed by atoms with Crippen LogP contribution in [0.25, 0.3) is 11.3 Å². The van der Waals surface area contributed by atoms with E-state index in [1.165, 1.54) is 0 Å². The first-order valence-electron chi connectivity index (χ1n) is 10.1. The number of anilines is 1. The van der Waals surface area contributed by atoms with Crippen LogP contribution in [0.3, 0.4) is 0 Å². The molecular weight excluding hydrogens is 422 g/mol. The van der Waals surface area contributed by atoms with Gasteiger partial charge in [0.05, 0.1) is 17.3 Å². The maximum atomic E-state index is 11.7. The van der Waals surface area contributed by atoms with E-state index in [-0.39, 0.29) is 17.6 Å². The Morgan fingerprint density at radius 3 is 2.47 bits per heavy atom. The Labute approximate surface area is 190 Å². The van der Waals surface area contributed by atoms with Gasteiger partial charge in [-0.15, -0.1) is 0 Å². The maximum absolute atomic E-state index is 11.7. The van der Waals surface area contributed by atoms with Gasteiger partial charge in [-0.1, -0.05) is 42.5 Å². The smallest absolute Gasteiger partial charge is 0.336 e. The van der Waals surface area contributed by atoms with Gasteiger partial charge in [0, 0.05) is 17.4 Å². The standard InChI is InChI=1S/C25H19N3O3S/c29-24(30)18-11-5-4-10-17(18)20-13-14-21(31-20)23-22(19-12-6-7-15-26-19)27-25(32)28(23)16-8-2-1-3-9-16/h1-15,22-23H,(H,27,32)(H,29,30)/t22-,23+/m1/s1. The van der Waals surface area contributed by atoms with Crippen LogP contribution < -0.4 is 10.2 Å². The normalized spacial score (nSPS) is 17.9. The van der Waals surface area contributed by atoms with Crippen LogP contribution in [0.1, 0.15) is 33.9 Å². The first-order chi connectivity index (χ1) is 15.6. The zero-order chi connectivity index (χ0) is 22.1. The lowest BCUT2D eigenvalue weighted by atomic mass is 10.0. The third kappa shape index (κ3) is 3.52. The van der Waals surface area contributed by atoms with Crippen LogP contribution in [0.5, 0.6) is 0 Å². The lowest BCUT2D eigenvalue weighted by Gasteiger charge is -2.26. The minimum Gasteiger partial charge on any atom is -0.478 e. The number of nitrogens with one attached hydrogen (secondary N) is 1. The van der Waals surface area contributed by atoms with Gasteiger partial charge in [-0.25, -0.2) is 4.79 Å². The number of carboxylic acid groups (broad SMARTS) is 1. The highest BCUT2D eigenvalue weighted by atomic mass is 32.1. The van der Waals surface area contributed by atoms with Crippen molar-refractivity contribution in [1.82, 2.24) is 10.3 Å². The Bertz CT molecular complexity index is 1270. The van der Waals surface area contributed by atoms with Gasteiger partial charge in [-0.2, -0.15) is 0 Å². The number of benzene rings is 2. The second kappa shape index (κ2) is 8.28. The van der Waals surface area contributed by atoms with Crippen LogP contribution in [0.15, 0.2) is 95.5 Å². The van der Waals surface area contributed by atoms with Crippen LogP contribution >= 0.6 is 12.2 Å². The molecule has 7 heteroatoms. The Hall–Kier alpha value is -3.97. The van der Waals surface area contributed by atoms with Crippen molar-refractivity contribution in [3.63, 3.8) is 0 Å². The fourth-order valence-corrected chi connectivity index (χ4v) is 4.40. The Balaban J connectivity index is 1.61. The monoisotopic (exact) mass is 441 g/mol. The fraction of sp³-hybridized carbons (Fsp3) is 0.0800. The SMILES string of the molecule is O=C(O)c1ccccc1-c1ccc([C@H]2[C@@H](c3ccccn3)NC(=S)N2c2ccccc2)o1. The highest BCUT2D eigenvalue weighted by Gasteiger charge is 2.42. The molecule has 2 N–H and O–H groups in total. The van der Waals surface area contributed by atoms with Crippen molar-refractivity contribution in [1.29, 1.82) is 0 Å². The number of hydrogen-bond acceptors (Lipinski definition) is 4. The van der Waals surface area contributed by atoms with E-state index < -0.39 is 5.97 Å². The van der Waals surface area contributed by atoms with Gasteiger partial charge in [0.2, 0.25) is 0 Å². The van der Waals surface area contributed by atoms with Gasteiger partial charge in [0.1, 0.15) is 17.6 Å². The first kappa shape index (κ1) is 20.0. The quantitative estimate of drug-likeness (QED) is 0.411. The highest BCUT2D eigenvalue weighted by Crippen LogP contribution is 2.43. The van der Waals surface area contributed by atoms with E-state index in [9.17, 15) is 9.90 Å². The van der Waals surface area contributed by atoms with Crippen LogP contribution in [-0.4, -0.2) is 21.2 Å². The van der Waals surface area contributed by atoms with Gasteiger partial charge < -0.3 is 19.7 Å². The van der Waals surface area contributed by atoms with Crippen LogP contribution in [0, 0.1) is 0 Å². The number of hydrogen-bond donors (Lipinski definition) is 2. The van der Waals surface area contributed by atoms with Crippen molar-refractivity contribution in [3.8, 4) is 11.3 Å².